The average Bonchev–Trinajstić information content (AvgIpc) is 2.26. The summed E-state index contributed by atoms with van der Waals surface area (Å²) in [7, 11) is 0. The van der Waals surface area contributed by atoms with Crippen molar-refractivity contribution >= 4 is 11.5 Å². The zero-order valence-corrected chi connectivity index (χ0v) is 8.93. The van der Waals surface area contributed by atoms with Gasteiger partial charge in [-0.05, 0) is 12.5 Å². The van der Waals surface area contributed by atoms with Crippen LogP contribution in [0.2, 0.25) is 0 Å². The second-order valence-corrected chi connectivity index (χ2v) is 3.42. The minimum Gasteiger partial charge on any atom is -0.385 e. The topological polar surface area (TPSA) is 88.3 Å². The van der Waals surface area contributed by atoms with Gasteiger partial charge in [0.2, 0.25) is 5.82 Å². The van der Waals surface area contributed by atoms with Crippen molar-refractivity contribution in [3.8, 4) is 0 Å². The summed E-state index contributed by atoms with van der Waals surface area (Å²) < 4.78 is 24.0. The number of rotatable bonds is 5. The first-order valence-corrected chi connectivity index (χ1v) is 4.73. The number of hydrogen-bond acceptors (Lipinski definition) is 5. The molecule has 1 aromatic heterocycles. The summed E-state index contributed by atoms with van der Waals surface area (Å²) >= 11 is 0. The molecule has 1 aromatic rings. The summed E-state index contributed by atoms with van der Waals surface area (Å²) in [5.41, 5.74) is 0.267. The first-order chi connectivity index (χ1) is 7.91. The van der Waals surface area contributed by atoms with Gasteiger partial charge in [-0.25, -0.2) is 13.8 Å². The summed E-state index contributed by atoms with van der Waals surface area (Å²) in [5, 5.41) is 21.8. The molecule has 1 heterocycles. The monoisotopic (exact) mass is 247 g/mol. The van der Waals surface area contributed by atoms with Crippen molar-refractivity contribution in [2.75, 3.05) is 11.9 Å². The zero-order chi connectivity index (χ0) is 13.0. The van der Waals surface area contributed by atoms with Crippen LogP contribution >= 0.6 is 0 Å². The third kappa shape index (κ3) is 3.59. The minimum absolute atomic E-state index is 0.139. The van der Waals surface area contributed by atoms with Gasteiger partial charge in [-0.1, -0.05) is 0 Å². The van der Waals surface area contributed by atoms with Crippen LogP contribution in [0.25, 0.3) is 0 Å². The molecular formula is C9H11F2N3O3. The smallest absolute Gasteiger partial charge is 0.311 e. The fourth-order valence-electron chi connectivity index (χ4n) is 1.12. The summed E-state index contributed by atoms with van der Waals surface area (Å²) in [5.74, 6) is -0.139. The molecule has 0 amide bonds. The fourth-order valence-corrected chi connectivity index (χ4v) is 1.12. The van der Waals surface area contributed by atoms with Gasteiger partial charge in [0, 0.05) is 18.8 Å². The van der Waals surface area contributed by atoms with Crippen molar-refractivity contribution in [3.63, 3.8) is 0 Å². The molecule has 2 N–H and O–H groups in total. The summed E-state index contributed by atoms with van der Waals surface area (Å²) in [6.45, 7) is 1.12. The number of nitrogens with one attached hydrogen (secondary N) is 1. The molecule has 0 fully saturated rings. The van der Waals surface area contributed by atoms with Gasteiger partial charge in [0.15, 0.2) is 0 Å². The van der Waals surface area contributed by atoms with Gasteiger partial charge in [0.25, 0.3) is 6.43 Å². The number of nitro groups is 1. The minimum atomic E-state index is -2.91. The standard InChI is InChI=1S/C9H11F2N3O3/c1-5-2-6(14(16)17)9(12-3-5)13-4-7(15)8(10)11/h2-3,7-8,15H,4H2,1H3,(H,12,13). The van der Waals surface area contributed by atoms with Crippen molar-refractivity contribution in [1.29, 1.82) is 0 Å². The highest BCUT2D eigenvalue weighted by atomic mass is 19.3. The predicted molar refractivity (Wildman–Crippen MR) is 56.1 cm³/mol. The van der Waals surface area contributed by atoms with E-state index >= 15 is 0 Å². The molecular weight excluding hydrogens is 236 g/mol. The zero-order valence-electron chi connectivity index (χ0n) is 8.93. The van der Waals surface area contributed by atoms with Crippen LogP contribution in [0, 0.1) is 17.0 Å². The number of nitrogens with zero attached hydrogens (tertiary/aromatic N) is 2. The molecule has 6 nitrogen and oxygen atoms in total. The lowest BCUT2D eigenvalue weighted by Crippen LogP contribution is -2.27. The number of aromatic nitrogens is 1. The molecule has 0 aliphatic heterocycles. The van der Waals surface area contributed by atoms with E-state index in [9.17, 15) is 18.9 Å². The lowest BCUT2D eigenvalue weighted by Gasteiger charge is -2.11. The van der Waals surface area contributed by atoms with E-state index in [0.29, 0.717) is 5.56 Å². The second-order valence-electron chi connectivity index (χ2n) is 3.42. The molecule has 0 saturated heterocycles. The summed E-state index contributed by atoms with van der Waals surface area (Å²) in [6.07, 6.45) is -3.44. The van der Waals surface area contributed by atoms with Gasteiger partial charge < -0.3 is 10.4 Å². The Bertz CT molecular complexity index is 414. The van der Waals surface area contributed by atoms with Crippen LogP contribution in [0.1, 0.15) is 5.56 Å². The van der Waals surface area contributed by atoms with E-state index < -0.39 is 24.0 Å². The van der Waals surface area contributed by atoms with Crippen molar-refractivity contribution in [2.24, 2.45) is 0 Å². The predicted octanol–water partition coefficient (Wildman–Crippen LogP) is 1.34. The van der Waals surface area contributed by atoms with Crippen LogP contribution in [0.5, 0.6) is 0 Å². The largest absolute Gasteiger partial charge is 0.385 e. The molecule has 8 heteroatoms. The third-order valence-electron chi connectivity index (χ3n) is 1.97. The average molecular weight is 247 g/mol. The molecule has 1 rings (SSSR count). The van der Waals surface area contributed by atoms with Crippen LogP contribution in [0.15, 0.2) is 12.3 Å². The molecule has 0 aromatic carbocycles. The molecule has 0 aliphatic carbocycles. The molecule has 0 aliphatic rings. The number of anilines is 1. The Kier molecular flexibility index (Phi) is 4.27. The molecule has 94 valence electrons. The highest BCUT2D eigenvalue weighted by molar-refractivity contribution is 5.56. The highest BCUT2D eigenvalue weighted by Gasteiger charge is 2.20. The Labute approximate surface area is 95.4 Å². The van der Waals surface area contributed by atoms with E-state index in [2.05, 4.69) is 10.3 Å². The molecule has 0 bridgehead atoms. The number of aliphatic hydroxyl groups excluding tert-OH is 1. The van der Waals surface area contributed by atoms with E-state index in [0.717, 1.165) is 0 Å². The SMILES string of the molecule is Cc1cnc(NCC(O)C(F)F)c([N+](=O)[O-])c1. The number of hydrogen-bond donors (Lipinski definition) is 2. The molecule has 1 unspecified atom stereocenters. The Morgan fingerprint density at radius 1 is 1.65 bits per heavy atom. The van der Waals surface area contributed by atoms with Crippen LogP contribution in [-0.4, -0.2) is 34.1 Å². The van der Waals surface area contributed by atoms with Crippen molar-refractivity contribution in [2.45, 2.75) is 19.5 Å². The van der Waals surface area contributed by atoms with E-state index in [-0.39, 0.29) is 11.5 Å². The first-order valence-electron chi connectivity index (χ1n) is 4.73. The number of aryl methyl sites for hydroxylation is 1. The van der Waals surface area contributed by atoms with Crippen LogP contribution in [0.4, 0.5) is 20.3 Å². The molecule has 17 heavy (non-hydrogen) atoms. The number of alkyl halides is 2. The van der Waals surface area contributed by atoms with Crippen molar-refractivity contribution < 1.29 is 18.8 Å². The van der Waals surface area contributed by atoms with Gasteiger partial charge in [0.1, 0.15) is 6.10 Å². The normalized spacial score (nSPS) is 12.5. The maximum atomic E-state index is 12.0. The Morgan fingerprint density at radius 2 is 2.29 bits per heavy atom. The first kappa shape index (κ1) is 13.2. The van der Waals surface area contributed by atoms with Crippen molar-refractivity contribution in [1.82, 2.24) is 4.98 Å². The molecule has 0 saturated carbocycles. The molecule has 1 atom stereocenters. The van der Waals surface area contributed by atoms with Gasteiger partial charge in [-0.15, -0.1) is 0 Å². The summed E-state index contributed by atoms with van der Waals surface area (Å²) in [4.78, 5) is 13.7. The van der Waals surface area contributed by atoms with Gasteiger partial charge in [0.05, 0.1) is 4.92 Å². The number of pyridine rings is 1. The lowest BCUT2D eigenvalue weighted by molar-refractivity contribution is -0.384. The van der Waals surface area contributed by atoms with Gasteiger partial charge >= 0.3 is 5.69 Å². The molecule has 0 spiro atoms. The van der Waals surface area contributed by atoms with Crippen molar-refractivity contribution in [3.05, 3.63) is 27.9 Å². The Morgan fingerprint density at radius 3 is 2.82 bits per heavy atom. The number of halogens is 2. The maximum Gasteiger partial charge on any atom is 0.311 e. The van der Waals surface area contributed by atoms with Gasteiger partial charge in [-0.3, -0.25) is 10.1 Å². The molecule has 0 radical (unpaired) electrons. The Hall–Kier alpha value is -1.83. The third-order valence-corrected chi connectivity index (χ3v) is 1.97. The highest BCUT2D eigenvalue weighted by Crippen LogP contribution is 2.22. The number of aliphatic hydroxyl groups is 1. The fraction of sp³-hybridized carbons (Fsp3) is 0.444. The second kappa shape index (κ2) is 5.48. The summed E-state index contributed by atoms with van der Waals surface area (Å²) in [6, 6.07) is 1.27. The van der Waals surface area contributed by atoms with E-state index in [4.69, 9.17) is 5.11 Å². The van der Waals surface area contributed by atoms with Crippen LogP contribution in [0.3, 0.4) is 0 Å². The van der Waals surface area contributed by atoms with Crippen LogP contribution < -0.4 is 5.32 Å². The van der Waals surface area contributed by atoms with E-state index in [1.807, 2.05) is 0 Å². The van der Waals surface area contributed by atoms with Crippen LogP contribution in [-0.2, 0) is 0 Å². The van der Waals surface area contributed by atoms with Gasteiger partial charge in [-0.2, -0.15) is 0 Å². The van der Waals surface area contributed by atoms with E-state index in [1.165, 1.54) is 12.3 Å². The Balaban J connectivity index is 2.80. The maximum absolute atomic E-state index is 12.0. The quantitative estimate of drug-likeness (QED) is 0.605. The lowest BCUT2D eigenvalue weighted by atomic mass is 10.3. The van der Waals surface area contributed by atoms with E-state index in [1.54, 1.807) is 6.92 Å².